The topological polar surface area (TPSA) is 60.9 Å². The predicted octanol–water partition coefficient (Wildman–Crippen LogP) is 2.10. The molecule has 0 atom stereocenters. The predicted molar refractivity (Wildman–Crippen MR) is 79.0 cm³/mol. The number of carboxylic acids is 1. The van der Waals surface area contributed by atoms with E-state index in [1.807, 2.05) is 30.1 Å². The number of nitrogens with zero attached hydrogens (tertiary/aromatic N) is 2. The summed E-state index contributed by atoms with van der Waals surface area (Å²) in [4.78, 5) is 26.9. The second-order valence-electron chi connectivity index (χ2n) is 5.41. The number of likely N-dealkylation sites (N-methyl/N-ethyl adjacent to an activating group) is 1. The smallest absolute Gasteiger partial charge is 0.306 e. The molecule has 20 heavy (non-hydrogen) atoms. The molecule has 2 aliphatic rings. The molecule has 0 bridgehead atoms. The minimum atomic E-state index is -0.765. The molecule has 0 aromatic heterocycles. The van der Waals surface area contributed by atoms with E-state index in [9.17, 15) is 9.59 Å². The van der Waals surface area contributed by atoms with Gasteiger partial charge < -0.3 is 14.9 Å². The number of benzene rings is 1. The van der Waals surface area contributed by atoms with Crippen molar-refractivity contribution >= 4 is 39.2 Å². The fourth-order valence-electron chi connectivity index (χ4n) is 2.91. The molecule has 1 heterocycles. The molecular formula is C14H15BrN2O3. The monoisotopic (exact) mass is 338 g/mol. The van der Waals surface area contributed by atoms with Crippen LogP contribution in [0.25, 0.3) is 0 Å². The standard InChI is InChI=1S/C14H15BrN2O3/c1-16-7-13(18)17(10-4-8(5-10)14(19)20)11-3-2-9(15)6-12(11)16/h2-3,6,8,10H,4-5,7H2,1H3,(H,19,20). The highest BCUT2D eigenvalue weighted by molar-refractivity contribution is 9.10. The summed E-state index contributed by atoms with van der Waals surface area (Å²) in [6.45, 7) is 0.331. The van der Waals surface area contributed by atoms with Crippen molar-refractivity contribution in [1.82, 2.24) is 0 Å². The quantitative estimate of drug-likeness (QED) is 0.896. The molecule has 0 spiro atoms. The van der Waals surface area contributed by atoms with E-state index in [2.05, 4.69) is 15.9 Å². The first-order valence-corrected chi connectivity index (χ1v) is 7.32. The van der Waals surface area contributed by atoms with Crippen LogP contribution in [0, 0.1) is 5.92 Å². The number of anilines is 2. The first-order chi connectivity index (χ1) is 9.47. The lowest BCUT2D eigenvalue weighted by atomic mass is 9.79. The molecule has 0 unspecified atom stereocenters. The van der Waals surface area contributed by atoms with Gasteiger partial charge in [-0.2, -0.15) is 0 Å². The molecule has 0 radical (unpaired) electrons. The van der Waals surface area contributed by atoms with Crippen molar-refractivity contribution in [2.75, 3.05) is 23.4 Å². The summed E-state index contributed by atoms with van der Waals surface area (Å²) in [6, 6.07) is 5.83. The Bertz CT molecular complexity index is 584. The second kappa shape index (κ2) is 4.77. The Morgan fingerprint density at radius 3 is 2.70 bits per heavy atom. The van der Waals surface area contributed by atoms with E-state index in [0.29, 0.717) is 19.4 Å². The third-order valence-corrected chi connectivity index (χ3v) is 4.57. The minimum Gasteiger partial charge on any atom is -0.481 e. The maximum atomic E-state index is 12.3. The van der Waals surface area contributed by atoms with Gasteiger partial charge in [0, 0.05) is 17.6 Å². The Hall–Kier alpha value is -1.56. The van der Waals surface area contributed by atoms with Gasteiger partial charge in [0.25, 0.3) is 0 Å². The Labute approximate surface area is 125 Å². The van der Waals surface area contributed by atoms with Crippen LogP contribution < -0.4 is 9.80 Å². The minimum absolute atomic E-state index is 0.0113. The highest BCUT2D eigenvalue weighted by Gasteiger charge is 2.42. The molecule has 0 saturated heterocycles. The van der Waals surface area contributed by atoms with Gasteiger partial charge in [-0.05, 0) is 31.0 Å². The second-order valence-corrected chi connectivity index (χ2v) is 6.33. The largest absolute Gasteiger partial charge is 0.481 e. The van der Waals surface area contributed by atoms with E-state index >= 15 is 0 Å². The van der Waals surface area contributed by atoms with Crippen LogP contribution in [0.1, 0.15) is 12.8 Å². The molecule has 3 rings (SSSR count). The molecule has 6 heteroatoms. The fraction of sp³-hybridized carbons (Fsp3) is 0.429. The van der Waals surface area contributed by atoms with Crippen LogP contribution in [0.5, 0.6) is 0 Å². The molecule has 106 valence electrons. The maximum Gasteiger partial charge on any atom is 0.306 e. The number of hydrogen-bond donors (Lipinski definition) is 1. The zero-order chi connectivity index (χ0) is 14.4. The van der Waals surface area contributed by atoms with Crippen LogP contribution in [-0.4, -0.2) is 36.6 Å². The van der Waals surface area contributed by atoms with Crippen LogP contribution in [-0.2, 0) is 9.59 Å². The van der Waals surface area contributed by atoms with E-state index in [4.69, 9.17) is 5.11 Å². The van der Waals surface area contributed by atoms with E-state index in [0.717, 1.165) is 15.8 Å². The molecular weight excluding hydrogens is 324 g/mol. The fourth-order valence-corrected chi connectivity index (χ4v) is 3.25. The molecule has 1 saturated carbocycles. The van der Waals surface area contributed by atoms with E-state index in [1.54, 1.807) is 4.90 Å². The highest BCUT2D eigenvalue weighted by atomic mass is 79.9. The van der Waals surface area contributed by atoms with Crippen molar-refractivity contribution < 1.29 is 14.7 Å². The zero-order valence-corrected chi connectivity index (χ0v) is 12.6. The van der Waals surface area contributed by atoms with Crippen LogP contribution in [0.15, 0.2) is 22.7 Å². The molecule has 1 amide bonds. The molecule has 5 nitrogen and oxygen atoms in total. The van der Waals surface area contributed by atoms with Gasteiger partial charge in [-0.25, -0.2) is 0 Å². The first-order valence-electron chi connectivity index (χ1n) is 6.53. The zero-order valence-electron chi connectivity index (χ0n) is 11.0. The number of rotatable bonds is 2. The van der Waals surface area contributed by atoms with Crippen LogP contribution in [0.4, 0.5) is 11.4 Å². The Morgan fingerprint density at radius 1 is 1.35 bits per heavy atom. The summed E-state index contributed by atoms with van der Waals surface area (Å²) >= 11 is 3.44. The summed E-state index contributed by atoms with van der Waals surface area (Å²) in [5.74, 6) is -1.04. The average molecular weight is 339 g/mol. The SMILES string of the molecule is CN1CC(=O)N(C2CC(C(=O)O)C2)c2ccc(Br)cc21. The van der Waals surface area contributed by atoms with Crippen LogP contribution in [0.3, 0.4) is 0 Å². The first kappa shape index (κ1) is 13.4. The molecule has 1 aromatic carbocycles. The Balaban J connectivity index is 1.91. The molecule has 1 fully saturated rings. The number of fused-ring (bicyclic) bond motifs is 1. The van der Waals surface area contributed by atoms with Gasteiger partial charge in [-0.3, -0.25) is 9.59 Å². The number of carbonyl (C=O) groups excluding carboxylic acids is 1. The van der Waals surface area contributed by atoms with Gasteiger partial charge in [0.2, 0.25) is 5.91 Å². The normalized spacial score (nSPS) is 25.2. The van der Waals surface area contributed by atoms with Crippen molar-refractivity contribution in [3.05, 3.63) is 22.7 Å². The Morgan fingerprint density at radius 2 is 2.05 bits per heavy atom. The van der Waals surface area contributed by atoms with E-state index in [-0.39, 0.29) is 17.9 Å². The maximum absolute atomic E-state index is 12.3. The highest BCUT2D eigenvalue weighted by Crippen LogP contribution is 2.41. The molecule has 1 aromatic rings. The molecule has 1 aliphatic heterocycles. The van der Waals surface area contributed by atoms with Crippen molar-refractivity contribution in [2.45, 2.75) is 18.9 Å². The van der Waals surface area contributed by atoms with Gasteiger partial charge in [0.1, 0.15) is 0 Å². The summed E-state index contributed by atoms with van der Waals surface area (Å²) < 4.78 is 0.967. The molecule has 1 N–H and O–H groups in total. The number of hydrogen-bond acceptors (Lipinski definition) is 3. The van der Waals surface area contributed by atoms with Crippen LogP contribution >= 0.6 is 15.9 Å². The molecule has 1 aliphatic carbocycles. The van der Waals surface area contributed by atoms with Gasteiger partial charge in [-0.1, -0.05) is 15.9 Å². The van der Waals surface area contributed by atoms with Crippen molar-refractivity contribution in [2.24, 2.45) is 5.92 Å². The Kier molecular flexibility index (Phi) is 3.20. The lowest BCUT2D eigenvalue weighted by molar-refractivity contribution is -0.145. The summed E-state index contributed by atoms with van der Waals surface area (Å²) in [6.07, 6.45) is 1.08. The summed E-state index contributed by atoms with van der Waals surface area (Å²) in [7, 11) is 1.89. The number of carboxylic acid groups (broad SMARTS) is 1. The van der Waals surface area contributed by atoms with Crippen molar-refractivity contribution in [3.63, 3.8) is 0 Å². The lowest BCUT2D eigenvalue weighted by Crippen LogP contribution is -2.54. The van der Waals surface area contributed by atoms with Gasteiger partial charge in [0.05, 0.1) is 23.8 Å². The lowest BCUT2D eigenvalue weighted by Gasteiger charge is -2.45. The summed E-state index contributed by atoms with van der Waals surface area (Å²) in [5, 5.41) is 8.97. The number of halogens is 1. The van der Waals surface area contributed by atoms with E-state index < -0.39 is 5.97 Å². The third-order valence-electron chi connectivity index (χ3n) is 4.08. The van der Waals surface area contributed by atoms with E-state index in [1.165, 1.54) is 0 Å². The number of amides is 1. The van der Waals surface area contributed by atoms with Crippen LogP contribution in [0.2, 0.25) is 0 Å². The third kappa shape index (κ3) is 2.08. The van der Waals surface area contributed by atoms with Gasteiger partial charge in [-0.15, -0.1) is 0 Å². The van der Waals surface area contributed by atoms with Crippen molar-refractivity contribution in [3.8, 4) is 0 Å². The number of carbonyl (C=O) groups is 2. The number of aliphatic carboxylic acids is 1. The summed E-state index contributed by atoms with van der Waals surface area (Å²) in [5.41, 5.74) is 1.87. The van der Waals surface area contributed by atoms with Gasteiger partial charge in [0.15, 0.2) is 0 Å². The van der Waals surface area contributed by atoms with Gasteiger partial charge >= 0.3 is 5.97 Å². The average Bonchev–Trinajstić information content (AvgIpc) is 2.31. The van der Waals surface area contributed by atoms with Crippen molar-refractivity contribution in [1.29, 1.82) is 0 Å².